The molecule has 0 unspecified atom stereocenters. The molecule has 6 heterocycles. The highest BCUT2D eigenvalue weighted by Gasteiger charge is 2.35. The van der Waals surface area contributed by atoms with Gasteiger partial charge < -0.3 is 4.90 Å². The molecule has 4 fully saturated rings. The minimum absolute atomic E-state index is 0.474. The minimum Gasteiger partial charge on any atom is -0.301 e. The van der Waals surface area contributed by atoms with Gasteiger partial charge in [0, 0.05) is 31.1 Å². The van der Waals surface area contributed by atoms with Crippen LogP contribution in [0.15, 0.2) is 42.6 Å². The van der Waals surface area contributed by atoms with E-state index in [1.165, 1.54) is 46.8 Å². The summed E-state index contributed by atoms with van der Waals surface area (Å²) in [5.74, 6) is 0.746. The van der Waals surface area contributed by atoms with Gasteiger partial charge in [0.05, 0.1) is 17.1 Å². The lowest BCUT2D eigenvalue weighted by molar-refractivity contribution is 0.0504. The zero-order valence-corrected chi connectivity index (χ0v) is 19.2. The summed E-state index contributed by atoms with van der Waals surface area (Å²) in [6.07, 6.45) is 5.44. The van der Waals surface area contributed by atoms with Crippen molar-refractivity contribution in [2.75, 3.05) is 32.7 Å². The van der Waals surface area contributed by atoms with E-state index in [4.69, 9.17) is 0 Å². The Bertz CT molecular complexity index is 1040. The van der Waals surface area contributed by atoms with Crippen LogP contribution in [0.3, 0.4) is 0 Å². The summed E-state index contributed by atoms with van der Waals surface area (Å²) in [7, 11) is 0. The molecule has 2 bridgehead atoms. The van der Waals surface area contributed by atoms with Crippen molar-refractivity contribution in [1.82, 2.24) is 24.8 Å². The molecule has 3 aromatic rings. The van der Waals surface area contributed by atoms with Gasteiger partial charge in [0.2, 0.25) is 0 Å². The quantitative estimate of drug-likeness (QED) is 0.554. The van der Waals surface area contributed by atoms with E-state index in [-0.39, 0.29) is 0 Å². The van der Waals surface area contributed by atoms with Gasteiger partial charge in [-0.05, 0) is 68.0 Å². The normalized spacial score (nSPS) is 26.6. The fraction of sp³-hybridized carbons (Fsp3) is 0.520. The maximum atomic E-state index is 13.4. The SMILES string of the molecule is FC1CCN(Cc2ccc(-c3ccc(-c4cn([C@H]5CN6CCC5CC6)nn4)s3)cc2)CC1. The van der Waals surface area contributed by atoms with E-state index < -0.39 is 6.17 Å². The van der Waals surface area contributed by atoms with Crippen LogP contribution in [-0.4, -0.2) is 63.7 Å². The first-order valence-electron chi connectivity index (χ1n) is 11.9. The Balaban J connectivity index is 1.13. The molecule has 1 atom stereocenters. The molecule has 0 amide bonds. The smallest absolute Gasteiger partial charge is 0.123 e. The van der Waals surface area contributed by atoms with Crippen LogP contribution in [0.5, 0.6) is 0 Å². The zero-order valence-electron chi connectivity index (χ0n) is 18.4. The topological polar surface area (TPSA) is 37.2 Å². The number of alkyl halides is 1. The molecule has 32 heavy (non-hydrogen) atoms. The highest BCUT2D eigenvalue weighted by Crippen LogP contribution is 2.37. The van der Waals surface area contributed by atoms with E-state index in [1.54, 1.807) is 11.3 Å². The van der Waals surface area contributed by atoms with Gasteiger partial charge in [0.15, 0.2) is 0 Å². The Kier molecular flexibility index (Phi) is 5.57. The lowest BCUT2D eigenvalue weighted by Crippen LogP contribution is -2.48. The predicted octanol–water partition coefficient (Wildman–Crippen LogP) is 4.87. The Morgan fingerprint density at radius 1 is 0.906 bits per heavy atom. The summed E-state index contributed by atoms with van der Waals surface area (Å²) < 4.78 is 15.5. The molecule has 168 valence electrons. The van der Waals surface area contributed by atoms with Gasteiger partial charge >= 0.3 is 0 Å². The first-order chi connectivity index (χ1) is 15.7. The van der Waals surface area contributed by atoms with E-state index in [0.717, 1.165) is 37.8 Å². The molecule has 4 aliphatic heterocycles. The molecule has 7 rings (SSSR count). The van der Waals surface area contributed by atoms with Gasteiger partial charge in [0.25, 0.3) is 0 Å². The lowest BCUT2D eigenvalue weighted by Gasteiger charge is -2.44. The molecular formula is C25H30FN5S. The number of nitrogens with zero attached hydrogens (tertiary/aromatic N) is 5. The van der Waals surface area contributed by atoms with E-state index in [1.807, 2.05) is 0 Å². The van der Waals surface area contributed by atoms with Crippen molar-refractivity contribution in [3.05, 3.63) is 48.2 Å². The Labute approximate surface area is 192 Å². The van der Waals surface area contributed by atoms with Crippen molar-refractivity contribution < 1.29 is 4.39 Å². The third kappa shape index (κ3) is 4.14. The number of hydrogen-bond acceptors (Lipinski definition) is 5. The maximum absolute atomic E-state index is 13.4. The van der Waals surface area contributed by atoms with Crippen LogP contribution in [0.4, 0.5) is 4.39 Å². The molecule has 7 heteroatoms. The summed E-state index contributed by atoms with van der Waals surface area (Å²) in [5.41, 5.74) is 3.51. The third-order valence-electron chi connectivity index (χ3n) is 7.49. The van der Waals surface area contributed by atoms with Crippen LogP contribution >= 0.6 is 11.3 Å². The number of fused-ring (bicyclic) bond motifs is 3. The Hall–Kier alpha value is -2.09. The van der Waals surface area contributed by atoms with E-state index in [0.29, 0.717) is 18.9 Å². The average Bonchev–Trinajstić information content (AvgIpc) is 3.52. The van der Waals surface area contributed by atoms with E-state index >= 15 is 0 Å². The fourth-order valence-electron chi connectivity index (χ4n) is 5.51. The highest BCUT2D eigenvalue weighted by atomic mass is 32.1. The largest absolute Gasteiger partial charge is 0.301 e. The second kappa shape index (κ2) is 8.69. The summed E-state index contributed by atoms with van der Waals surface area (Å²) in [5, 5.41) is 9.02. The number of halogens is 1. The van der Waals surface area contributed by atoms with Gasteiger partial charge in [-0.1, -0.05) is 29.5 Å². The average molecular weight is 452 g/mol. The molecule has 0 N–H and O–H groups in total. The number of rotatable bonds is 5. The number of piperidine rings is 4. The monoisotopic (exact) mass is 451 g/mol. The number of hydrogen-bond donors (Lipinski definition) is 0. The number of benzene rings is 1. The van der Waals surface area contributed by atoms with Crippen LogP contribution in [-0.2, 0) is 6.54 Å². The molecule has 2 aromatic heterocycles. The number of thiophene rings is 1. The van der Waals surface area contributed by atoms with Crippen molar-refractivity contribution in [3.63, 3.8) is 0 Å². The first kappa shape index (κ1) is 20.5. The minimum atomic E-state index is -0.612. The van der Waals surface area contributed by atoms with Crippen LogP contribution < -0.4 is 0 Å². The van der Waals surface area contributed by atoms with Crippen molar-refractivity contribution in [2.45, 2.75) is 44.4 Å². The molecule has 0 radical (unpaired) electrons. The molecule has 0 spiro atoms. The van der Waals surface area contributed by atoms with E-state index in [2.05, 4.69) is 67.4 Å². The number of likely N-dealkylation sites (tertiary alicyclic amines) is 1. The van der Waals surface area contributed by atoms with Crippen LogP contribution in [0.1, 0.15) is 37.3 Å². The first-order valence-corrected chi connectivity index (χ1v) is 12.7. The van der Waals surface area contributed by atoms with Crippen molar-refractivity contribution in [1.29, 1.82) is 0 Å². The second-order valence-corrected chi connectivity index (χ2v) is 10.7. The van der Waals surface area contributed by atoms with Gasteiger partial charge in [-0.3, -0.25) is 4.90 Å². The zero-order chi connectivity index (χ0) is 21.5. The summed E-state index contributed by atoms with van der Waals surface area (Å²) in [4.78, 5) is 7.34. The summed E-state index contributed by atoms with van der Waals surface area (Å²) in [6.45, 7) is 6.22. The van der Waals surface area contributed by atoms with Crippen molar-refractivity contribution >= 4 is 11.3 Å². The fourth-order valence-corrected chi connectivity index (χ4v) is 6.47. The number of aromatic nitrogens is 3. The molecule has 0 aliphatic carbocycles. The third-order valence-corrected chi connectivity index (χ3v) is 8.65. The van der Waals surface area contributed by atoms with Gasteiger partial charge in [-0.2, -0.15) is 0 Å². The van der Waals surface area contributed by atoms with Crippen LogP contribution in [0.2, 0.25) is 0 Å². The molecule has 1 aromatic carbocycles. The molecular weight excluding hydrogens is 421 g/mol. The van der Waals surface area contributed by atoms with Crippen LogP contribution in [0, 0.1) is 5.92 Å². The van der Waals surface area contributed by atoms with E-state index in [9.17, 15) is 4.39 Å². The summed E-state index contributed by atoms with van der Waals surface area (Å²) >= 11 is 1.78. The maximum Gasteiger partial charge on any atom is 0.123 e. The van der Waals surface area contributed by atoms with Gasteiger partial charge in [-0.25, -0.2) is 9.07 Å². The molecule has 4 aliphatic rings. The van der Waals surface area contributed by atoms with Crippen LogP contribution in [0.25, 0.3) is 21.0 Å². The predicted molar refractivity (Wildman–Crippen MR) is 126 cm³/mol. The van der Waals surface area contributed by atoms with Crippen molar-refractivity contribution in [2.24, 2.45) is 5.92 Å². The lowest BCUT2D eigenvalue weighted by atomic mass is 9.84. The summed E-state index contributed by atoms with van der Waals surface area (Å²) in [6, 6.07) is 13.7. The molecule has 0 saturated carbocycles. The highest BCUT2D eigenvalue weighted by molar-refractivity contribution is 7.18. The second-order valence-electron chi connectivity index (χ2n) is 9.60. The van der Waals surface area contributed by atoms with Gasteiger partial charge in [-0.15, -0.1) is 16.4 Å². The van der Waals surface area contributed by atoms with Crippen molar-refractivity contribution in [3.8, 4) is 21.0 Å². The Morgan fingerprint density at radius 2 is 1.66 bits per heavy atom. The Morgan fingerprint density at radius 3 is 2.38 bits per heavy atom. The van der Waals surface area contributed by atoms with Gasteiger partial charge in [0.1, 0.15) is 11.9 Å². The molecule has 4 saturated heterocycles. The molecule has 5 nitrogen and oxygen atoms in total. The standard InChI is InChI=1S/C25H30FN5S/c26-21-9-13-29(14-10-21)15-18-1-3-20(4-2-18)24-5-6-25(32-24)22-16-31(28-27-22)23-17-30-11-7-19(23)8-12-30/h1-6,16,19,21,23H,7-15,17H2/t23-/m0/s1.